The van der Waals surface area contributed by atoms with Crippen molar-refractivity contribution in [3.05, 3.63) is 24.3 Å². The van der Waals surface area contributed by atoms with Gasteiger partial charge in [0.1, 0.15) is 0 Å². The van der Waals surface area contributed by atoms with Crippen molar-refractivity contribution in [2.24, 2.45) is 0 Å². The third-order valence-corrected chi connectivity index (χ3v) is 4.22. The average molecular weight is 246 g/mol. The van der Waals surface area contributed by atoms with Gasteiger partial charge in [-0.25, -0.2) is 4.79 Å². The lowest BCUT2D eigenvalue weighted by atomic mass is 10.4. The number of carbonyl (C=O) groups excluding carboxylic acids is 1. The first-order chi connectivity index (χ1) is 7.64. The molecule has 0 aliphatic heterocycles. The molecule has 0 bridgehead atoms. The lowest BCUT2D eigenvalue weighted by Gasteiger charge is -2.23. The summed E-state index contributed by atoms with van der Waals surface area (Å²) in [5, 5.41) is 0. The van der Waals surface area contributed by atoms with Crippen LogP contribution in [0, 0.1) is 0 Å². The van der Waals surface area contributed by atoms with Crippen LogP contribution >= 0.6 is 0 Å². The zero-order valence-electron chi connectivity index (χ0n) is 10.1. The molecular weight excluding hydrogens is 228 g/mol. The van der Waals surface area contributed by atoms with E-state index in [0.717, 1.165) is 0 Å². The highest BCUT2D eigenvalue weighted by Gasteiger charge is 2.39. The number of carbonyl (C=O) groups is 1. The van der Waals surface area contributed by atoms with E-state index in [4.69, 9.17) is 18.0 Å². The van der Waals surface area contributed by atoms with E-state index in [1.165, 1.54) is 27.4 Å². The number of hydrogen-bond acceptors (Lipinski definition) is 5. The van der Waals surface area contributed by atoms with E-state index in [9.17, 15) is 4.79 Å². The largest absolute Gasteiger partial charge is 0.539 e. The second-order valence-corrected chi connectivity index (χ2v) is 5.67. The van der Waals surface area contributed by atoms with E-state index in [0.29, 0.717) is 0 Å². The molecule has 5 nitrogen and oxygen atoms in total. The molecule has 0 aromatic rings. The molecule has 92 valence electrons. The monoisotopic (exact) mass is 246 g/mol. The Morgan fingerprint density at radius 3 is 2.12 bits per heavy atom. The Hall–Kier alpha value is -0.953. The van der Waals surface area contributed by atoms with Crippen molar-refractivity contribution in [3.8, 4) is 0 Å². The van der Waals surface area contributed by atoms with Crippen molar-refractivity contribution in [2.45, 2.75) is 6.92 Å². The van der Waals surface area contributed by atoms with Crippen LogP contribution in [-0.2, 0) is 22.8 Å². The van der Waals surface area contributed by atoms with Gasteiger partial charge in [0.2, 0.25) is 0 Å². The molecule has 0 aromatic carbocycles. The minimum atomic E-state index is -2.82. The molecule has 0 aliphatic carbocycles. The zero-order valence-corrected chi connectivity index (χ0v) is 11.1. The van der Waals surface area contributed by atoms with Crippen LogP contribution in [0.1, 0.15) is 6.92 Å². The quantitative estimate of drug-likeness (QED) is 0.291. The summed E-state index contributed by atoms with van der Waals surface area (Å²) in [5.74, 6) is -0.457. The van der Waals surface area contributed by atoms with Crippen LogP contribution in [0.3, 0.4) is 0 Å². The number of allylic oxidation sites excluding steroid dienone is 3. The molecule has 0 rings (SSSR count). The summed E-state index contributed by atoms with van der Waals surface area (Å²) in [7, 11) is 1.56. The summed E-state index contributed by atoms with van der Waals surface area (Å²) in [5.41, 5.74) is 0. The molecule has 6 heteroatoms. The van der Waals surface area contributed by atoms with Gasteiger partial charge < -0.3 is 18.0 Å². The number of rotatable bonds is 7. The van der Waals surface area contributed by atoms with Crippen molar-refractivity contribution < 1.29 is 22.8 Å². The highest BCUT2D eigenvalue weighted by atomic mass is 28.4. The Morgan fingerprint density at radius 2 is 1.69 bits per heavy atom. The topological polar surface area (TPSA) is 54.0 Å². The molecule has 0 amide bonds. The van der Waals surface area contributed by atoms with Crippen LogP contribution in [0.15, 0.2) is 24.3 Å². The molecule has 0 aromatic heterocycles. The Balaban J connectivity index is 4.16. The second-order valence-electron chi connectivity index (χ2n) is 2.79. The van der Waals surface area contributed by atoms with Gasteiger partial charge in [0.15, 0.2) is 6.23 Å². The van der Waals surface area contributed by atoms with E-state index < -0.39 is 14.8 Å². The van der Waals surface area contributed by atoms with E-state index in [2.05, 4.69) is 0 Å². The molecule has 0 saturated carbocycles. The molecule has 0 atom stereocenters. The molecule has 16 heavy (non-hydrogen) atoms. The van der Waals surface area contributed by atoms with E-state index in [-0.39, 0.29) is 6.23 Å². The zero-order chi connectivity index (χ0) is 12.4. The smallest absolute Gasteiger partial charge is 0.458 e. The molecule has 0 radical (unpaired) electrons. The van der Waals surface area contributed by atoms with Crippen LogP contribution in [-0.4, -0.2) is 42.3 Å². The summed E-state index contributed by atoms with van der Waals surface area (Å²) in [6.07, 6.45) is 6.45. The summed E-state index contributed by atoms with van der Waals surface area (Å²) in [6.45, 7) is 1.86. The fraction of sp³-hybridized carbons (Fsp3) is 0.500. The van der Waals surface area contributed by atoms with Gasteiger partial charge in [0.25, 0.3) is 0 Å². The fourth-order valence-corrected chi connectivity index (χ4v) is 2.05. The molecule has 0 N–H and O–H groups in total. The molecule has 0 spiro atoms. The second kappa shape index (κ2) is 8.23. The summed E-state index contributed by atoms with van der Waals surface area (Å²) < 4.78 is 20.2. The van der Waals surface area contributed by atoms with Crippen LogP contribution in [0.25, 0.3) is 0 Å². The van der Waals surface area contributed by atoms with Gasteiger partial charge in [0.05, 0.1) is 0 Å². The van der Waals surface area contributed by atoms with Gasteiger partial charge in [0, 0.05) is 27.4 Å². The normalized spacial score (nSPS) is 12.5. The van der Waals surface area contributed by atoms with E-state index in [1.807, 2.05) is 13.0 Å². The Morgan fingerprint density at radius 1 is 1.12 bits per heavy atom. The van der Waals surface area contributed by atoms with Gasteiger partial charge in [-0.1, -0.05) is 18.2 Å². The minimum Gasteiger partial charge on any atom is -0.458 e. The summed E-state index contributed by atoms with van der Waals surface area (Å²) in [4.78, 5) is 11.2. The molecule has 0 saturated heterocycles. The first-order valence-electron chi connectivity index (χ1n) is 4.75. The third kappa shape index (κ3) is 5.22. The van der Waals surface area contributed by atoms with Gasteiger partial charge in [-0.05, 0) is 6.92 Å². The molecular formula is C10H18O5Si. The first kappa shape index (κ1) is 15.0. The van der Waals surface area contributed by atoms with Crippen LogP contribution in [0.5, 0.6) is 0 Å². The average Bonchev–Trinajstić information content (AvgIpc) is 2.32. The highest BCUT2D eigenvalue weighted by Crippen LogP contribution is 2.06. The van der Waals surface area contributed by atoms with Crippen LogP contribution in [0.2, 0.25) is 0 Å². The van der Waals surface area contributed by atoms with Gasteiger partial charge in [-0.3, -0.25) is 0 Å². The van der Waals surface area contributed by atoms with Gasteiger partial charge >= 0.3 is 14.8 Å². The van der Waals surface area contributed by atoms with Crippen molar-refractivity contribution in [1.29, 1.82) is 0 Å². The fourth-order valence-electron chi connectivity index (χ4n) is 0.880. The van der Waals surface area contributed by atoms with Crippen molar-refractivity contribution in [3.63, 3.8) is 0 Å². The lowest BCUT2D eigenvalue weighted by molar-refractivity contribution is -0.137. The van der Waals surface area contributed by atoms with Crippen molar-refractivity contribution in [2.75, 3.05) is 27.6 Å². The Bertz CT molecular complexity index is 250. The standard InChI is InChI=1S/C10H18O5Si/c1-5-6-7-8-10(11)15-9-16(12-2,13-3)14-4/h5-8H,9H2,1-4H3/b6-5+,8-7+. The van der Waals surface area contributed by atoms with Crippen LogP contribution in [0.4, 0.5) is 0 Å². The van der Waals surface area contributed by atoms with Crippen molar-refractivity contribution >= 4 is 14.8 Å². The third-order valence-electron chi connectivity index (χ3n) is 1.86. The Kier molecular flexibility index (Phi) is 7.74. The molecule has 0 fully saturated rings. The number of hydrogen-bond donors (Lipinski definition) is 0. The highest BCUT2D eigenvalue weighted by molar-refractivity contribution is 6.60. The number of esters is 1. The maximum atomic E-state index is 11.2. The number of ether oxygens (including phenoxy) is 1. The summed E-state index contributed by atoms with van der Waals surface area (Å²) >= 11 is 0. The van der Waals surface area contributed by atoms with E-state index >= 15 is 0 Å². The molecule has 0 heterocycles. The predicted molar refractivity (Wildman–Crippen MR) is 61.7 cm³/mol. The predicted octanol–water partition coefficient (Wildman–Crippen LogP) is 1.08. The summed E-state index contributed by atoms with van der Waals surface area (Å²) in [6, 6.07) is 0. The van der Waals surface area contributed by atoms with E-state index in [1.54, 1.807) is 12.2 Å². The lowest BCUT2D eigenvalue weighted by Crippen LogP contribution is -2.48. The van der Waals surface area contributed by atoms with Crippen LogP contribution < -0.4 is 0 Å². The SMILES string of the molecule is C/C=C/C=C/C(=O)OC[Si](OC)(OC)OC. The first-order valence-corrected chi connectivity index (χ1v) is 6.69. The minimum absolute atomic E-state index is 0.00445. The Labute approximate surface area is 97.0 Å². The maximum absolute atomic E-state index is 11.2. The molecule has 0 aliphatic rings. The van der Waals surface area contributed by atoms with Gasteiger partial charge in [-0.2, -0.15) is 0 Å². The molecule has 0 unspecified atom stereocenters. The van der Waals surface area contributed by atoms with Gasteiger partial charge in [-0.15, -0.1) is 0 Å². The van der Waals surface area contributed by atoms with Crippen molar-refractivity contribution in [1.82, 2.24) is 0 Å². The maximum Gasteiger partial charge on any atom is 0.539 e.